The molecule has 2 heterocycles. The smallest absolute Gasteiger partial charge is 0.239 e. The Hall–Kier alpha value is -0.880. The van der Waals surface area contributed by atoms with Crippen LogP contribution in [0.2, 0.25) is 0 Å². The van der Waals surface area contributed by atoms with Gasteiger partial charge < -0.3 is 15.4 Å². The van der Waals surface area contributed by atoms with E-state index in [0.29, 0.717) is 19.8 Å². The zero-order chi connectivity index (χ0) is 11.9. The highest BCUT2D eigenvalue weighted by Gasteiger charge is 2.20. The van der Waals surface area contributed by atoms with Crippen molar-refractivity contribution in [3.63, 3.8) is 0 Å². The van der Waals surface area contributed by atoms with Crippen LogP contribution in [0.3, 0.4) is 0 Å². The van der Waals surface area contributed by atoms with Crippen LogP contribution in [-0.2, 0) is 16.0 Å². The van der Waals surface area contributed by atoms with Crippen molar-refractivity contribution in [2.24, 2.45) is 0 Å². The highest BCUT2D eigenvalue weighted by Crippen LogP contribution is 1.96. The second-order valence-corrected chi connectivity index (χ2v) is 3.98. The molecule has 0 spiro atoms. The number of hydrogen-bond donors (Lipinski definition) is 2. The highest BCUT2D eigenvalue weighted by atomic mass is 35.5. The zero-order valence-corrected chi connectivity index (χ0v) is 12.1. The van der Waals surface area contributed by atoms with Crippen molar-refractivity contribution in [1.82, 2.24) is 15.6 Å². The average molecular weight is 308 g/mol. The van der Waals surface area contributed by atoms with Crippen LogP contribution >= 0.6 is 24.8 Å². The summed E-state index contributed by atoms with van der Waals surface area (Å²) in [6.07, 6.45) is 4.35. The maximum Gasteiger partial charge on any atom is 0.239 e. The van der Waals surface area contributed by atoms with E-state index in [1.54, 1.807) is 6.20 Å². The zero-order valence-electron chi connectivity index (χ0n) is 10.5. The van der Waals surface area contributed by atoms with Gasteiger partial charge in [-0.3, -0.25) is 9.78 Å². The lowest BCUT2D eigenvalue weighted by atomic mass is 10.2. The Morgan fingerprint density at radius 3 is 3.00 bits per heavy atom. The van der Waals surface area contributed by atoms with Gasteiger partial charge in [-0.05, 0) is 18.1 Å². The van der Waals surface area contributed by atoms with Crippen molar-refractivity contribution in [3.8, 4) is 0 Å². The number of aromatic nitrogens is 1. The molecule has 1 aromatic heterocycles. The molecular formula is C12H19Cl2N3O2. The highest BCUT2D eigenvalue weighted by molar-refractivity contribution is 5.85. The molecule has 5 nitrogen and oxygen atoms in total. The molecule has 0 saturated carbocycles. The molecule has 0 bridgehead atoms. The SMILES string of the molecule is Cl.Cl.O=C(NCCc1cccnc1)C1COCCN1. The van der Waals surface area contributed by atoms with Gasteiger partial charge in [0.25, 0.3) is 0 Å². The summed E-state index contributed by atoms with van der Waals surface area (Å²) in [5, 5.41) is 6.01. The van der Waals surface area contributed by atoms with Gasteiger partial charge in [-0.15, -0.1) is 24.8 Å². The summed E-state index contributed by atoms with van der Waals surface area (Å²) in [5.74, 6) is 0.00795. The Balaban J connectivity index is 0.00000162. The average Bonchev–Trinajstić information content (AvgIpc) is 2.41. The molecule has 1 aromatic rings. The molecule has 108 valence electrons. The van der Waals surface area contributed by atoms with Crippen LogP contribution in [0.15, 0.2) is 24.5 Å². The Morgan fingerprint density at radius 1 is 1.53 bits per heavy atom. The number of carbonyl (C=O) groups is 1. The third kappa shape index (κ3) is 6.20. The van der Waals surface area contributed by atoms with Crippen molar-refractivity contribution in [2.45, 2.75) is 12.5 Å². The van der Waals surface area contributed by atoms with E-state index in [0.717, 1.165) is 18.5 Å². The first-order chi connectivity index (χ1) is 8.36. The molecule has 1 unspecified atom stereocenters. The van der Waals surface area contributed by atoms with E-state index >= 15 is 0 Å². The number of morpholine rings is 1. The largest absolute Gasteiger partial charge is 0.378 e. The van der Waals surface area contributed by atoms with Gasteiger partial charge in [-0.2, -0.15) is 0 Å². The molecule has 0 aliphatic carbocycles. The van der Waals surface area contributed by atoms with Crippen LogP contribution in [0, 0.1) is 0 Å². The van der Waals surface area contributed by atoms with Crippen molar-refractivity contribution in [1.29, 1.82) is 0 Å². The van der Waals surface area contributed by atoms with Crippen LogP contribution in [-0.4, -0.2) is 43.2 Å². The monoisotopic (exact) mass is 307 g/mol. The summed E-state index contributed by atoms with van der Waals surface area (Å²) >= 11 is 0. The lowest BCUT2D eigenvalue weighted by Gasteiger charge is -2.22. The maximum absolute atomic E-state index is 11.7. The van der Waals surface area contributed by atoms with E-state index in [2.05, 4.69) is 15.6 Å². The van der Waals surface area contributed by atoms with Crippen LogP contribution in [0.5, 0.6) is 0 Å². The fourth-order valence-electron chi connectivity index (χ4n) is 1.73. The first-order valence-electron chi connectivity index (χ1n) is 5.84. The summed E-state index contributed by atoms with van der Waals surface area (Å²) in [6.45, 7) is 2.50. The minimum absolute atomic E-state index is 0. The molecule has 2 rings (SSSR count). The molecule has 2 N–H and O–H groups in total. The van der Waals surface area contributed by atoms with Crippen molar-refractivity contribution in [2.75, 3.05) is 26.3 Å². The van der Waals surface area contributed by atoms with Crippen LogP contribution in [0.1, 0.15) is 5.56 Å². The summed E-state index contributed by atoms with van der Waals surface area (Å²) in [4.78, 5) is 15.7. The van der Waals surface area contributed by atoms with Crippen LogP contribution < -0.4 is 10.6 Å². The second kappa shape index (κ2) is 9.97. The van der Waals surface area contributed by atoms with E-state index < -0.39 is 0 Å². The van der Waals surface area contributed by atoms with E-state index in [4.69, 9.17) is 4.74 Å². The van der Waals surface area contributed by atoms with Crippen molar-refractivity contribution in [3.05, 3.63) is 30.1 Å². The van der Waals surface area contributed by atoms with E-state index in [1.807, 2.05) is 18.3 Å². The predicted molar refractivity (Wildman–Crippen MR) is 78.1 cm³/mol. The van der Waals surface area contributed by atoms with Gasteiger partial charge in [0, 0.05) is 25.5 Å². The third-order valence-corrected chi connectivity index (χ3v) is 2.67. The normalized spacial score (nSPS) is 17.8. The molecule has 1 atom stereocenters. The summed E-state index contributed by atoms with van der Waals surface area (Å²) in [6, 6.07) is 3.69. The second-order valence-electron chi connectivity index (χ2n) is 3.98. The van der Waals surface area contributed by atoms with Crippen molar-refractivity contribution >= 4 is 30.7 Å². The minimum Gasteiger partial charge on any atom is -0.378 e. The van der Waals surface area contributed by atoms with Crippen molar-refractivity contribution < 1.29 is 9.53 Å². The van der Waals surface area contributed by atoms with Gasteiger partial charge in [0.1, 0.15) is 6.04 Å². The number of hydrogen-bond acceptors (Lipinski definition) is 4. The molecule has 0 aromatic carbocycles. The fourth-order valence-corrected chi connectivity index (χ4v) is 1.73. The number of halogens is 2. The van der Waals surface area contributed by atoms with E-state index in [-0.39, 0.29) is 36.8 Å². The number of nitrogens with zero attached hydrogens (tertiary/aromatic N) is 1. The molecule has 0 radical (unpaired) electrons. The number of rotatable bonds is 4. The number of pyridine rings is 1. The molecule has 1 amide bonds. The first kappa shape index (κ1) is 18.1. The van der Waals surface area contributed by atoms with Crippen LogP contribution in [0.25, 0.3) is 0 Å². The summed E-state index contributed by atoms with van der Waals surface area (Å²) < 4.78 is 5.23. The third-order valence-electron chi connectivity index (χ3n) is 2.67. The van der Waals surface area contributed by atoms with E-state index in [9.17, 15) is 4.79 Å². The van der Waals surface area contributed by atoms with Gasteiger partial charge in [0.05, 0.1) is 13.2 Å². The quantitative estimate of drug-likeness (QED) is 0.854. The van der Waals surface area contributed by atoms with Gasteiger partial charge in [0.15, 0.2) is 0 Å². The molecule has 1 aliphatic rings. The molecular weight excluding hydrogens is 289 g/mol. The summed E-state index contributed by atoms with van der Waals surface area (Å²) in [7, 11) is 0. The number of nitrogens with one attached hydrogen (secondary N) is 2. The van der Waals surface area contributed by atoms with Gasteiger partial charge in [0.2, 0.25) is 5.91 Å². The van der Waals surface area contributed by atoms with Crippen LogP contribution in [0.4, 0.5) is 0 Å². The number of carbonyl (C=O) groups excluding carboxylic acids is 1. The Kier molecular flexibility index (Phi) is 9.51. The number of amides is 1. The summed E-state index contributed by atoms with van der Waals surface area (Å²) in [5.41, 5.74) is 1.13. The first-order valence-corrected chi connectivity index (χ1v) is 5.84. The lowest BCUT2D eigenvalue weighted by molar-refractivity contribution is -0.125. The molecule has 7 heteroatoms. The Bertz CT molecular complexity index is 359. The molecule has 1 saturated heterocycles. The Labute approximate surface area is 125 Å². The van der Waals surface area contributed by atoms with Gasteiger partial charge in [-0.1, -0.05) is 6.07 Å². The van der Waals surface area contributed by atoms with Gasteiger partial charge >= 0.3 is 0 Å². The Morgan fingerprint density at radius 2 is 2.37 bits per heavy atom. The molecule has 1 aliphatic heterocycles. The molecule has 1 fully saturated rings. The van der Waals surface area contributed by atoms with Gasteiger partial charge in [-0.25, -0.2) is 0 Å². The lowest BCUT2D eigenvalue weighted by Crippen LogP contribution is -2.51. The topological polar surface area (TPSA) is 63.2 Å². The minimum atomic E-state index is -0.211. The standard InChI is InChI=1S/C12H17N3O2.2ClH/c16-12(11-9-17-7-6-14-11)15-5-3-10-2-1-4-13-8-10;;/h1-2,4,8,11,14H,3,5-7,9H2,(H,15,16);2*1H. The number of ether oxygens (including phenoxy) is 1. The maximum atomic E-state index is 11.7. The fraction of sp³-hybridized carbons (Fsp3) is 0.500. The molecule has 19 heavy (non-hydrogen) atoms. The predicted octanol–water partition coefficient (Wildman–Crippen LogP) is 0.572. The van der Waals surface area contributed by atoms with E-state index in [1.165, 1.54) is 0 Å².